The van der Waals surface area contributed by atoms with E-state index in [1.54, 1.807) is 0 Å². The fraction of sp³-hybridized carbons (Fsp3) is 0.148. The zero-order chi connectivity index (χ0) is 41.0. The van der Waals surface area contributed by atoms with E-state index >= 15 is 0 Å². The number of nitrogens with one attached hydrogen (secondary N) is 1. The summed E-state index contributed by atoms with van der Waals surface area (Å²) in [4.78, 5) is 21.4. The minimum atomic E-state index is -0.430. The van der Waals surface area contributed by atoms with Crippen molar-refractivity contribution >= 4 is 76.7 Å². The standard InChI is InChI=1S/C54H42N7S/c1-5-17-34(18-6-1)49-55-50(35-19-7-2-8-20-35)58-53(57-49)38-29-31-44(42(33-38)54-59-51(36-21-9-3-10-22-36)56-52(60-54)37-23-11-4-12-24-37)61-43-27-15-13-26-41(43)47-45(61)32-30-40-39-25-14-16-28-46(39)62-48(40)47/h1-11,13-21,23,25-30,32-33,36,44,49,51H,12,22,24,31H2,(H-,55,56,57,58,59,60)/q-1. The molecule has 2 aromatic heterocycles. The summed E-state index contributed by atoms with van der Waals surface area (Å²) in [6, 6.07) is 42.8. The van der Waals surface area contributed by atoms with Gasteiger partial charge in [0.2, 0.25) is 0 Å². The number of rotatable bonds is 7. The molecule has 0 saturated carbocycles. The minimum absolute atomic E-state index is 0.0994. The van der Waals surface area contributed by atoms with E-state index in [2.05, 4.69) is 149 Å². The van der Waals surface area contributed by atoms with E-state index in [9.17, 15) is 0 Å². The lowest BCUT2D eigenvalue weighted by Gasteiger charge is -2.35. The Morgan fingerprint density at radius 3 is 2.34 bits per heavy atom. The molecule has 62 heavy (non-hydrogen) atoms. The summed E-state index contributed by atoms with van der Waals surface area (Å²) < 4.78 is 5.19. The van der Waals surface area contributed by atoms with Crippen molar-refractivity contribution in [2.45, 2.75) is 44.1 Å². The van der Waals surface area contributed by atoms with Crippen LogP contribution in [-0.2, 0) is 0 Å². The van der Waals surface area contributed by atoms with Crippen LogP contribution in [0.2, 0.25) is 0 Å². The summed E-state index contributed by atoms with van der Waals surface area (Å²) in [6.07, 6.45) is 22.7. The van der Waals surface area contributed by atoms with Gasteiger partial charge in [0.1, 0.15) is 11.7 Å². The Labute approximate surface area is 364 Å². The molecule has 0 saturated heterocycles. The fourth-order valence-corrected chi connectivity index (χ4v) is 10.8. The average Bonchev–Trinajstić information content (AvgIpc) is 3.90. The third-order valence-corrected chi connectivity index (χ3v) is 13.8. The molecule has 300 valence electrons. The maximum absolute atomic E-state index is 5.56. The molecule has 0 amide bonds. The van der Waals surface area contributed by atoms with Crippen LogP contribution >= 0.6 is 11.3 Å². The highest BCUT2D eigenvalue weighted by molar-refractivity contribution is 7.26. The highest BCUT2D eigenvalue weighted by atomic mass is 32.1. The van der Waals surface area contributed by atoms with Gasteiger partial charge in [-0.1, -0.05) is 158 Å². The molecule has 4 atom stereocenters. The van der Waals surface area contributed by atoms with Gasteiger partial charge in [0.15, 0.2) is 6.17 Å². The lowest BCUT2D eigenvalue weighted by Crippen LogP contribution is -2.42. The number of aliphatic imine (C=N–C) groups is 4. The van der Waals surface area contributed by atoms with Crippen molar-refractivity contribution in [3.63, 3.8) is 0 Å². The van der Waals surface area contributed by atoms with Gasteiger partial charge < -0.3 is 20.2 Å². The van der Waals surface area contributed by atoms with E-state index < -0.39 is 6.17 Å². The number of nitrogens with zero attached hydrogens (tertiary/aromatic N) is 6. The van der Waals surface area contributed by atoms with Gasteiger partial charge in [0, 0.05) is 48.0 Å². The molecule has 2 aliphatic heterocycles. The highest BCUT2D eigenvalue weighted by Crippen LogP contribution is 2.46. The Bertz CT molecular complexity index is 3260. The topological polar surface area (TPSA) is 80.5 Å². The zero-order valence-electron chi connectivity index (χ0n) is 34.0. The average molecular weight is 821 g/mol. The second-order valence-corrected chi connectivity index (χ2v) is 17.4. The van der Waals surface area contributed by atoms with Crippen LogP contribution in [0.4, 0.5) is 0 Å². The van der Waals surface area contributed by atoms with Gasteiger partial charge in [-0.2, -0.15) is 0 Å². The molecule has 0 bridgehead atoms. The molecule has 5 aromatic carbocycles. The normalized spacial score (nSPS) is 22.4. The van der Waals surface area contributed by atoms with Crippen LogP contribution in [-0.4, -0.2) is 34.1 Å². The van der Waals surface area contributed by atoms with Crippen LogP contribution in [0.1, 0.15) is 49.0 Å². The predicted octanol–water partition coefficient (Wildman–Crippen LogP) is 13.0. The molecule has 12 rings (SSSR count). The van der Waals surface area contributed by atoms with Gasteiger partial charge in [-0.15, -0.1) is 11.3 Å². The Kier molecular flexibility index (Phi) is 9.10. The highest BCUT2D eigenvalue weighted by Gasteiger charge is 2.33. The van der Waals surface area contributed by atoms with Crippen molar-refractivity contribution in [3.05, 3.63) is 209 Å². The number of benzene rings is 5. The molecular weight excluding hydrogens is 779 g/mol. The second kappa shape index (κ2) is 15.4. The van der Waals surface area contributed by atoms with Crippen LogP contribution in [0.25, 0.3) is 47.3 Å². The number of aromatic nitrogens is 1. The number of para-hydroxylation sites is 1. The molecule has 0 spiro atoms. The molecule has 0 radical (unpaired) electrons. The predicted molar refractivity (Wildman–Crippen MR) is 260 cm³/mol. The summed E-state index contributed by atoms with van der Waals surface area (Å²) in [5.41, 5.74) is 7.64. The summed E-state index contributed by atoms with van der Waals surface area (Å²) in [6.45, 7) is 0. The number of thiophene rings is 1. The smallest absolute Gasteiger partial charge is 0.150 e. The third-order valence-electron chi connectivity index (χ3n) is 12.6. The SMILES string of the molecule is C1=CCCC(C2=NC(C3C=CC=CC3)N=C(C3=CC(C4=NC(c5ccccc5)[N-]C(c5ccccc5)=N4)=CCC3n3c4ccccc4c4c5sc6ccccc6c5ccc43)N2)=C1. The monoisotopic (exact) mass is 820 g/mol. The Morgan fingerprint density at radius 1 is 0.694 bits per heavy atom. The van der Waals surface area contributed by atoms with E-state index in [-0.39, 0.29) is 18.1 Å². The van der Waals surface area contributed by atoms with Gasteiger partial charge in [0.05, 0.1) is 23.6 Å². The maximum atomic E-state index is 5.56. The van der Waals surface area contributed by atoms with Crippen molar-refractivity contribution < 1.29 is 0 Å². The third kappa shape index (κ3) is 6.41. The van der Waals surface area contributed by atoms with Crippen molar-refractivity contribution in [2.75, 3.05) is 0 Å². The molecule has 4 unspecified atom stereocenters. The molecule has 7 aromatic rings. The Morgan fingerprint density at radius 2 is 1.50 bits per heavy atom. The largest absolute Gasteiger partial charge is 0.438 e. The van der Waals surface area contributed by atoms with Crippen LogP contribution in [0.15, 0.2) is 213 Å². The first-order valence-electron chi connectivity index (χ1n) is 21.6. The quantitative estimate of drug-likeness (QED) is 0.171. The van der Waals surface area contributed by atoms with Crippen LogP contribution in [0.3, 0.4) is 0 Å². The molecule has 1 N–H and O–H groups in total. The van der Waals surface area contributed by atoms with Crippen molar-refractivity contribution in [3.8, 4) is 0 Å². The fourth-order valence-electron chi connectivity index (χ4n) is 9.57. The number of hydrogen-bond donors (Lipinski definition) is 1. The molecule has 4 heterocycles. The van der Waals surface area contributed by atoms with E-state index in [4.69, 9.17) is 25.3 Å². The minimum Gasteiger partial charge on any atom is -0.438 e. The summed E-state index contributed by atoms with van der Waals surface area (Å²) in [5, 5.41) is 14.1. The molecule has 7 nitrogen and oxygen atoms in total. The molecule has 8 heteroatoms. The number of allylic oxidation sites excluding steroid dienone is 7. The van der Waals surface area contributed by atoms with Crippen molar-refractivity contribution in [2.24, 2.45) is 25.9 Å². The first-order valence-corrected chi connectivity index (χ1v) is 22.4. The summed E-state index contributed by atoms with van der Waals surface area (Å²) in [5.74, 6) is 3.23. The lowest BCUT2D eigenvalue weighted by atomic mass is 9.90. The molecule has 3 aliphatic carbocycles. The van der Waals surface area contributed by atoms with E-state index in [0.717, 1.165) is 53.2 Å². The Hall–Kier alpha value is -7.16. The first kappa shape index (κ1) is 36.7. The molecular formula is C54H42N7S-. The van der Waals surface area contributed by atoms with Gasteiger partial charge in [-0.25, -0.2) is 9.98 Å². The van der Waals surface area contributed by atoms with Gasteiger partial charge in [-0.3, -0.25) is 4.99 Å². The summed E-state index contributed by atoms with van der Waals surface area (Å²) >= 11 is 1.89. The van der Waals surface area contributed by atoms with Crippen molar-refractivity contribution in [1.29, 1.82) is 0 Å². The van der Waals surface area contributed by atoms with E-state index in [0.29, 0.717) is 18.1 Å². The van der Waals surface area contributed by atoms with Gasteiger partial charge in [0.25, 0.3) is 0 Å². The lowest BCUT2D eigenvalue weighted by molar-refractivity contribution is 0.514. The van der Waals surface area contributed by atoms with Crippen LogP contribution in [0, 0.1) is 5.92 Å². The van der Waals surface area contributed by atoms with Crippen LogP contribution < -0.4 is 5.32 Å². The van der Waals surface area contributed by atoms with Crippen molar-refractivity contribution in [1.82, 2.24) is 9.88 Å². The van der Waals surface area contributed by atoms with Gasteiger partial charge in [-0.05, 0) is 72.2 Å². The second-order valence-electron chi connectivity index (χ2n) is 16.4. The number of hydrogen-bond acceptors (Lipinski definition) is 6. The maximum Gasteiger partial charge on any atom is 0.150 e. The van der Waals surface area contributed by atoms with E-state index in [1.807, 2.05) is 47.7 Å². The van der Waals surface area contributed by atoms with Gasteiger partial charge >= 0.3 is 0 Å². The van der Waals surface area contributed by atoms with Crippen LogP contribution in [0.5, 0.6) is 0 Å². The first-order chi connectivity index (χ1) is 30.7. The Balaban J connectivity index is 1.06. The molecule has 0 fully saturated rings. The number of amidine groups is 4. The number of fused-ring (bicyclic) bond motifs is 7. The molecule has 5 aliphatic rings. The zero-order valence-corrected chi connectivity index (χ0v) is 34.8. The van der Waals surface area contributed by atoms with E-state index in [1.165, 1.54) is 47.6 Å². The summed E-state index contributed by atoms with van der Waals surface area (Å²) in [7, 11) is 0.